The number of hydrogen-bond acceptors (Lipinski definition) is 4. The number of sulfonamides is 1. The van der Waals surface area contributed by atoms with E-state index in [4.69, 9.17) is 16.3 Å². The molecule has 3 aromatic rings. The van der Waals surface area contributed by atoms with Gasteiger partial charge in [0, 0.05) is 22.8 Å². The van der Waals surface area contributed by atoms with E-state index in [1.807, 2.05) is 25.1 Å². The first-order chi connectivity index (χ1) is 14.9. The van der Waals surface area contributed by atoms with Crippen LogP contribution in [0.25, 0.3) is 0 Å². The van der Waals surface area contributed by atoms with Crippen LogP contribution in [0.15, 0.2) is 77.7 Å². The summed E-state index contributed by atoms with van der Waals surface area (Å²) in [7, 11) is -3.75. The highest BCUT2D eigenvalue weighted by atomic mass is 35.5. The second-order valence-electron chi connectivity index (χ2n) is 6.73. The van der Waals surface area contributed by atoms with Crippen molar-refractivity contribution in [3.05, 3.63) is 83.4 Å². The molecule has 6 nitrogen and oxygen atoms in total. The molecule has 0 aromatic heterocycles. The van der Waals surface area contributed by atoms with Crippen LogP contribution in [0.4, 0.5) is 11.4 Å². The number of hydrogen-bond donors (Lipinski definition) is 2. The van der Waals surface area contributed by atoms with Crippen LogP contribution in [0.1, 0.15) is 18.9 Å². The zero-order valence-electron chi connectivity index (χ0n) is 17.0. The van der Waals surface area contributed by atoms with Crippen LogP contribution in [0.5, 0.6) is 5.75 Å². The average Bonchev–Trinajstić information content (AvgIpc) is 2.75. The molecule has 8 heteroatoms. The monoisotopic (exact) mass is 458 g/mol. The molecule has 3 aromatic carbocycles. The zero-order valence-corrected chi connectivity index (χ0v) is 18.5. The molecule has 3 rings (SSSR count). The van der Waals surface area contributed by atoms with Crippen molar-refractivity contribution in [1.29, 1.82) is 0 Å². The first-order valence-corrected chi connectivity index (χ1v) is 11.6. The Morgan fingerprint density at radius 3 is 2.23 bits per heavy atom. The van der Waals surface area contributed by atoms with E-state index >= 15 is 0 Å². The maximum absolute atomic E-state index is 12.6. The minimum absolute atomic E-state index is 0.0930. The van der Waals surface area contributed by atoms with Crippen LogP contribution in [0.2, 0.25) is 5.02 Å². The molecule has 0 aliphatic carbocycles. The van der Waals surface area contributed by atoms with Gasteiger partial charge in [-0.15, -0.1) is 0 Å². The lowest BCUT2D eigenvalue weighted by Crippen LogP contribution is -2.14. The number of carbonyl (C=O) groups excluding carboxylic acids is 1. The van der Waals surface area contributed by atoms with E-state index < -0.39 is 10.0 Å². The number of aryl methyl sites for hydroxylation is 1. The number of rotatable bonds is 9. The van der Waals surface area contributed by atoms with E-state index in [1.54, 1.807) is 42.5 Å². The highest BCUT2D eigenvalue weighted by molar-refractivity contribution is 7.92. The van der Waals surface area contributed by atoms with Gasteiger partial charge in [-0.1, -0.05) is 29.8 Å². The standard InChI is InChI=1S/C23H23ClN2O4S/c1-2-30-20-12-8-19(9-13-20)26-31(28,29)21-14-10-18(11-15-21)25-23(27)16-7-17-5-3-4-6-22(17)24/h3-6,8-15,26H,2,7,16H2,1H3,(H,25,27). The second-order valence-corrected chi connectivity index (χ2v) is 8.82. The zero-order chi connectivity index (χ0) is 22.3. The third-order valence-electron chi connectivity index (χ3n) is 4.45. The molecule has 0 atom stereocenters. The third-order valence-corrected chi connectivity index (χ3v) is 6.21. The predicted molar refractivity (Wildman–Crippen MR) is 123 cm³/mol. The second kappa shape index (κ2) is 10.3. The summed E-state index contributed by atoms with van der Waals surface area (Å²) in [5.74, 6) is 0.489. The van der Waals surface area contributed by atoms with Crippen LogP contribution >= 0.6 is 11.6 Å². The van der Waals surface area contributed by atoms with Gasteiger partial charge in [0.1, 0.15) is 5.75 Å². The number of halogens is 1. The lowest BCUT2D eigenvalue weighted by molar-refractivity contribution is -0.116. The summed E-state index contributed by atoms with van der Waals surface area (Å²) in [6, 6.07) is 20.0. The average molecular weight is 459 g/mol. The first kappa shape index (κ1) is 22.7. The fraction of sp³-hybridized carbons (Fsp3) is 0.174. The Balaban J connectivity index is 1.58. The Hall–Kier alpha value is -3.03. The molecule has 162 valence electrons. The van der Waals surface area contributed by atoms with Crippen molar-refractivity contribution in [3.8, 4) is 5.75 Å². The van der Waals surface area contributed by atoms with Gasteiger partial charge >= 0.3 is 0 Å². The molecule has 0 unspecified atom stereocenters. The topological polar surface area (TPSA) is 84.5 Å². The maximum Gasteiger partial charge on any atom is 0.261 e. The van der Waals surface area contributed by atoms with Gasteiger partial charge in [0.15, 0.2) is 0 Å². The molecule has 31 heavy (non-hydrogen) atoms. The third kappa shape index (κ3) is 6.47. The SMILES string of the molecule is CCOc1ccc(NS(=O)(=O)c2ccc(NC(=O)CCc3ccccc3Cl)cc2)cc1. The van der Waals surface area contributed by atoms with Crippen molar-refractivity contribution in [2.45, 2.75) is 24.7 Å². The fourth-order valence-corrected chi connectivity index (χ4v) is 4.18. The normalized spacial score (nSPS) is 11.0. The molecule has 2 N–H and O–H groups in total. The Labute approximate surface area is 187 Å². The van der Waals surface area contributed by atoms with Gasteiger partial charge in [-0.25, -0.2) is 8.42 Å². The fourth-order valence-electron chi connectivity index (χ4n) is 2.89. The van der Waals surface area contributed by atoms with Gasteiger partial charge in [-0.3, -0.25) is 9.52 Å². The maximum atomic E-state index is 12.6. The molecular formula is C23H23ClN2O4S. The highest BCUT2D eigenvalue weighted by Gasteiger charge is 2.14. The van der Waals surface area contributed by atoms with Crippen molar-refractivity contribution in [2.75, 3.05) is 16.6 Å². The summed E-state index contributed by atoms with van der Waals surface area (Å²) in [5.41, 5.74) is 1.85. The molecule has 0 saturated heterocycles. The molecule has 0 radical (unpaired) electrons. The lowest BCUT2D eigenvalue weighted by atomic mass is 10.1. The minimum atomic E-state index is -3.75. The molecule has 0 saturated carbocycles. The smallest absolute Gasteiger partial charge is 0.261 e. The number of ether oxygens (including phenoxy) is 1. The quantitative estimate of drug-likeness (QED) is 0.466. The van der Waals surface area contributed by atoms with Gasteiger partial charge in [0.2, 0.25) is 5.91 Å². The Morgan fingerprint density at radius 2 is 1.58 bits per heavy atom. The van der Waals surface area contributed by atoms with E-state index in [0.29, 0.717) is 35.2 Å². The van der Waals surface area contributed by atoms with Crippen LogP contribution < -0.4 is 14.8 Å². The molecule has 0 aliphatic rings. The van der Waals surface area contributed by atoms with Gasteiger partial charge in [0.25, 0.3) is 10.0 Å². The molecule has 0 heterocycles. The summed E-state index contributed by atoms with van der Waals surface area (Å²) < 4.78 is 33.1. The molecule has 0 bridgehead atoms. The summed E-state index contributed by atoms with van der Waals surface area (Å²) in [6.45, 7) is 2.41. The highest BCUT2D eigenvalue weighted by Crippen LogP contribution is 2.21. The van der Waals surface area contributed by atoms with Crippen LogP contribution in [-0.2, 0) is 21.2 Å². The van der Waals surface area contributed by atoms with Gasteiger partial charge in [-0.2, -0.15) is 0 Å². The Morgan fingerprint density at radius 1 is 0.935 bits per heavy atom. The number of carbonyl (C=O) groups is 1. The van der Waals surface area contributed by atoms with Gasteiger partial charge < -0.3 is 10.1 Å². The predicted octanol–water partition coefficient (Wildman–Crippen LogP) is 5.11. The van der Waals surface area contributed by atoms with Crippen LogP contribution in [-0.4, -0.2) is 20.9 Å². The summed E-state index contributed by atoms with van der Waals surface area (Å²) in [6.07, 6.45) is 0.785. The van der Waals surface area contributed by atoms with Crippen molar-refractivity contribution < 1.29 is 17.9 Å². The van der Waals surface area contributed by atoms with E-state index in [1.165, 1.54) is 12.1 Å². The van der Waals surface area contributed by atoms with E-state index in [2.05, 4.69) is 10.0 Å². The van der Waals surface area contributed by atoms with Crippen LogP contribution in [0, 0.1) is 0 Å². The molecular weight excluding hydrogens is 436 g/mol. The largest absolute Gasteiger partial charge is 0.494 e. The number of nitrogens with one attached hydrogen (secondary N) is 2. The van der Waals surface area contributed by atoms with Crippen molar-refractivity contribution in [3.63, 3.8) is 0 Å². The van der Waals surface area contributed by atoms with E-state index in [0.717, 1.165) is 5.56 Å². The Kier molecular flexibility index (Phi) is 7.55. The number of amides is 1. The Bertz CT molecular complexity index is 1130. The first-order valence-electron chi connectivity index (χ1n) is 9.76. The molecule has 0 spiro atoms. The lowest BCUT2D eigenvalue weighted by Gasteiger charge is -2.10. The molecule has 1 amide bonds. The molecule has 0 fully saturated rings. The van der Waals surface area contributed by atoms with Crippen molar-refractivity contribution in [2.24, 2.45) is 0 Å². The van der Waals surface area contributed by atoms with Gasteiger partial charge in [-0.05, 0) is 73.5 Å². The van der Waals surface area contributed by atoms with Gasteiger partial charge in [0.05, 0.1) is 11.5 Å². The number of benzene rings is 3. The summed E-state index contributed by atoms with van der Waals surface area (Å²) >= 11 is 6.11. The summed E-state index contributed by atoms with van der Waals surface area (Å²) in [4.78, 5) is 12.3. The summed E-state index contributed by atoms with van der Waals surface area (Å²) in [5, 5.41) is 3.40. The van der Waals surface area contributed by atoms with Crippen molar-refractivity contribution in [1.82, 2.24) is 0 Å². The van der Waals surface area contributed by atoms with Crippen molar-refractivity contribution >= 4 is 38.9 Å². The number of anilines is 2. The van der Waals surface area contributed by atoms with E-state index in [-0.39, 0.29) is 17.2 Å². The van der Waals surface area contributed by atoms with Crippen LogP contribution in [0.3, 0.4) is 0 Å². The minimum Gasteiger partial charge on any atom is -0.494 e. The van der Waals surface area contributed by atoms with E-state index in [9.17, 15) is 13.2 Å². The molecule has 0 aliphatic heterocycles.